The molecule has 0 spiro atoms. The van der Waals surface area contributed by atoms with Gasteiger partial charge in [0.05, 0.1) is 17.1 Å². The van der Waals surface area contributed by atoms with E-state index in [1.54, 1.807) is 0 Å². The number of nitriles is 1. The van der Waals surface area contributed by atoms with E-state index in [4.69, 9.17) is 0 Å². The number of rotatable bonds is 2. The van der Waals surface area contributed by atoms with Crippen molar-refractivity contribution in [3.63, 3.8) is 0 Å². The maximum Gasteiger partial charge on any atom is 0.0860 e. The van der Waals surface area contributed by atoms with Crippen molar-refractivity contribution in [3.8, 4) is 6.07 Å². The fraction of sp³-hybridized carbons (Fsp3) is 0.941. The van der Waals surface area contributed by atoms with Crippen LogP contribution in [0.15, 0.2) is 0 Å². The lowest BCUT2D eigenvalue weighted by molar-refractivity contribution is -0.0809. The zero-order valence-electron chi connectivity index (χ0n) is 13.0. The quantitative estimate of drug-likeness (QED) is 0.808. The summed E-state index contributed by atoms with van der Waals surface area (Å²) in [4.78, 5) is 0. The average molecular weight is 263 g/mol. The first-order valence-electron chi connectivity index (χ1n) is 7.87. The van der Waals surface area contributed by atoms with E-state index < -0.39 is 11.0 Å². The lowest BCUT2D eigenvalue weighted by Gasteiger charge is -2.46. The molecule has 0 aromatic rings. The van der Waals surface area contributed by atoms with Crippen molar-refractivity contribution in [2.75, 3.05) is 0 Å². The molecule has 2 saturated carbocycles. The Balaban J connectivity index is 2.16. The number of hydrogen-bond donors (Lipinski definition) is 1. The van der Waals surface area contributed by atoms with Crippen molar-refractivity contribution >= 4 is 0 Å². The molecule has 108 valence electrons. The van der Waals surface area contributed by atoms with Crippen molar-refractivity contribution in [3.05, 3.63) is 0 Å². The maximum atomic E-state index is 11.1. The van der Waals surface area contributed by atoms with Crippen molar-refractivity contribution < 1.29 is 5.11 Å². The Morgan fingerprint density at radius 1 is 1.11 bits per heavy atom. The summed E-state index contributed by atoms with van der Waals surface area (Å²) in [5, 5.41) is 20.9. The summed E-state index contributed by atoms with van der Waals surface area (Å²) in [5.74, 6) is 1.44. The topological polar surface area (TPSA) is 44.0 Å². The Bertz CT molecular complexity index is 371. The Kier molecular flexibility index (Phi) is 3.73. The molecule has 1 unspecified atom stereocenters. The molecule has 2 nitrogen and oxygen atoms in total. The van der Waals surface area contributed by atoms with E-state index in [-0.39, 0.29) is 5.41 Å². The predicted molar refractivity (Wildman–Crippen MR) is 77.4 cm³/mol. The third kappa shape index (κ3) is 2.55. The average Bonchev–Trinajstić information content (AvgIpc) is 2.65. The number of hydrogen-bond acceptors (Lipinski definition) is 2. The van der Waals surface area contributed by atoms with Crippen LogP contribution < -0.4 is 0 Å². The zero-order chi connectivity index (χ0) is 14.3. The van der Waals surface area contributed by atoms with Crippen LogP contribution in [-0.4, -0.2) is 10.7 Å². The van der Waals surface area contributed by atoms with Gasteiger partial charge in [-0.1, -0.05) is 27.7 Å². The van der Waals surface area contributed by atoms with E-state index >= 15 is 0 Å². The van der Waals surface area contributed by atoms with Crippen LogP contribution in [0.3, 0.4) is 0 Å². The Morgan fingerprint density at radius 3 is 2.05 bits per heavy atom. The van der Waals surface area contributed by atoms with Gasteiger partial charge in [0.1, 0.15) is 0 Å². The minimum Gasteiger partial charge on any atom is -0.388 e. The molecule has 0 saturated heterocycles. The minimum absolute atomic E-state index is 0.188. The van der Waals surface area contributed by atoms with Gasteiger partial charge in [-0.05, 0) is 62.2 Å². The van der Waals surface area contributed by atoms with Gasteiger partial charge < -0.3 is 5.11 Å². The first-order chi connectivity index (χ1) is 8.74. The number of nitrogens with zero attached hydrogens (tertiary/aromatic N) is 1. The lowest BCUT2D eigenvalue weighted by atomic mass is 9.59. The van der Waals surface area contributed by atoms with Gasteiger partial charge in [-0.2, -0.15) is 5.26 Å². The van der Waals surface area contributed by atoms with E-state index in [2.05, 4.69) is 33.8 Å². The van der Waals surface area contributed by atoms with E-state index in [1.165, 1.54) is 0 Å². The summed E-state index contributed by atoms with van der Waals surface area (Å²) < 4.78 is 0. The predicted octanol–water partition coefficient (Wildman–Crippen LogP) is 4.28. The van der Waals surface area contributed by atoms with Crippen LogP contribution in [0.1, 0.15) is 72.6 Å². The van der Waals surface area contributed by atoms with E-state index in [9.17, 15) is 10.4 Å². The molecule has 0 amide bonds. The highest BCUT2D eigenvalue weighted by Crippen LogP contribution is 2.57. The third-order valence-corrected chi connectivity index (χ3v) is 5.92. The highest BCUT2D eigenvalue weighted by molar-refractivity contribution is 5.16. The smallest absolute Gasteiger partial charge is 0.0860 e. The van der Waals surface area contributed by atoms with Gasteiger partial charge >= 0.3 is 0 Å². The number of aliphatic hydroxyl groups is 1. The van der Waals surface area contributed by atoms with Crippen LogP contribution in [0.4, 0.5) is 0 Å². The fourth-order valence-electron chi connectivity index (χ4n) is 4.40. The molecular formula is C17H29NO. The molecule has 2 heteroatoms. The molecule has 0 aromatic heterocycles. The van der Waals surface area contributed by atoms with Crippen LogP contribution in [0, 0.1) is 34.0 Å². The minimum atomic E-state index is -0.743. The van der Waals surface area contributed by atoms with Crippen LogP contribution in [0.5, 0.6) is 0 Å². The SMILES string of the molecule is CC(C)C1CCC(C#N)(C2(O)CCC(C)(C)C2)CC1. The molecule has 2 aliphatic rings. The Morgan fingerprint density at radius 2 is 1.68 bits per heavy atom. The van der Waals surface area contributed by atoms with E-state index in [0.29, 0.717) is 5.92 Å². The normalized spacial score (nSPS) is 42.3. The first-order valence-corrected chi connectivity index (χ1v) is 7.87. The summed E-state index contributed by atoms with van der Waals surface area (Å²) in [6, 6.07) is 2.55. The van der Waals surface area contributed by atoms with Gasteiger partial charge in [0, 0.05) is 0 Å². The molecular weight excluding hydrogens is 234 g/mol. The molecule has 2 fully saturated rings. The van der Waals surface area contributed by atoms with Crippen molar-refractivity contribution in [2.24, 2.45) is 22.7 Å². The largest absolute Gasteiger partial charge is 0.388 e. The van der Waals surface area contributed by atoms with Crippen LogP contribution >= 0.6 is 0 Å². The molecule has 0 heterocycles. The summed E-state index contributed by atoms with van der Waals surface area (Å²) in [5.41, 5.74) is -1.03. The van der Waals surface area contributed by atoms with Gasteiger partial charge in [-0.15, -0.1) is 0 Å². The molecule has 19 heavy (non-hydrogen) atoms. The third-order valence-electron chi connectivity index (χ3n) is 5.92. The second-order valence-electron chi connectivity index (χ2n) is 8.15. The lowest BCUT2D eigenvalue weighted by Crippen LogP contribution is -2.48. The molecule has 2 aliphatic carbocycles. The zero-order valence-corrected chi connectivity index (χ0v) is 13.0. The summed E-state index contributed by atoms with van der Waals surface area (Å²) in [7, 11) is 0. The molecule has 0 bridgehead atoms. The highest BCUT2D eigenvalue weighted by atomic mass is 16.3. The van der Waals surface area contributed by atoms with Crippen molar-refractivity contribution in [1.82, 2.24) is 0 Å². The summed E-state index contributed by atoms with van der Waals surface area (Å²) in [6.07, 6.45) is 6.63. The first kappa shape index (κ1) is 14.9. The van der Waals surface area contributed by atoms with Crippen LogP contribution in [0.2, 0.25) is 0 Å². The molecule has 0 aromatic carbocycles. The van der Waals surface area contributed by atoms with Crippen molar-refractivity contribution in [1.29, 1.82) is 5.26 Å². The van der Waals surface area contributed by atoms with Gasteiger partial charge in [0.25, 0.3) is 0 Å². The fourth-order valence-corrected chi connectivity index (χ4v) is 4.40. The van der Waals surface area contributed by atoms with Crippen molar-refractivity contribution in [2.45, 2.75) is 78.2 Å². The highest BCUT2D eigenvalue weighted by Gasteiger charge is 2.57. The van der Waals surface area contributed by atoms with Gasteiger partial charge in [0.2, 0.25) is 0 Å². The van der Waals surface area contributed by atoms with Crippen LogP contribution in [0.25, 0.3) is 0 Å². The van der Waals surface area contributed by atoms with Gasteiger partial charge in [-0.25, -0.2) is 0 Å². The van der Waals surface area contributed by atoms with Gasteiger partial charge in [0.15, 0.2) is 0 Å². The molecule has 2 rings (SSSR count). The second-order valence-corrected chi connectivity index (χ2v) is 8.15. The summed E-state index contributed by atoms with van der Waals surface area (Å²) in [6.45, 7) is 8.99. The molecule has 1 atom stereocenters. The Labute approximate surface area is 118 Å². The maximum absolute atomic E-state index is 11.1. The Hall–Kier alpha value is -0.550. The molecule has 1 N–H and O–H groups in total. The van der Waals surface area contributed by atoms with E-state index in [0.717, 1.165) is 50.9 Å². The standard InChI is InChI=1S/C17H29NO/c1-13(2)14-5-7-16(12-18,8-6-14)17(19)10-9-15(3,4)11-17/h13-14,19H,5-11H2,1-4H3. The summed E-state index contributed by atoms with van der Waals surface area (Å²) >= 11 is 0. The van der Waals surface area contributed by atoms with Crippen LogP contribution in [-0.2, 0) is 0 Å². The molecule has 0 aliphatic heterocycles. The monoisotopic (exact) mass is 263 g/mol. The van der Waals surface area contributed by atoms with E-state index in [1.807, 2.05) is 0 Å². The van der Waals surface area contributed by atoms with Gasteiger partial charge in [-0.3, -0.25) is 0 Å². The molecule has 0 radical (unpaired) electrons. The second kappa shape index (κ2) is 4.77.